The Hall–Kier alpha value is -0.550. The van der Waals surface area contributed by atoms with E-state index in [4.69, 9.17) is 11.3 Å². The summed E-state index contributed by atoms with van der Waals surface area (Å²) >= 11 is 0. The molecule has 1 heterocycles. The lowest BCUT2D eigenvalue weighted by molar-refractivity contribution is -0.0230. The predicted octanol–water partition coefficient (Wildman–Crippen LogP) is 0.695. The van der Waals surface area contributed by atoms with Gasteiger partial charge < -0.3 is 9.58 Å². The van der Waals surface area contributed by atoms with Crippen LogP contribution in [0.3, 0.4) is 0 Å². The number of ether oxygens (including phenoxy) is 1. The molecule has 0 saturated carbocycles. The molecule has 0 bridgehead atoms. The van der Waals surface area contributed by atoms with Crippen LogP contribution in [0, 0.1) is 6.57 Å². The van der Waals surface area contributed by atoms with Crippen molar-refractivity contribution in [3.63, 3.8) is 0 Å². The lowest BCUT2D eigenvalue weighted by Gasteiger charge is -2.25. The Labute approximate surface area is 42.9 Å². The molecule has 1 aliphatic heterocycles. The van der Waals surface area contributed by atoms with E-state index in [1.165, 1.54) is 0 Å². The molecule has 0 aromatic rings. The zero-order chi connectivity index (χ0) is 5.33. The maximum Gasteiger partial charge on any atom is 0.275 e. The summed E-state index contributed by atoms with van der Waals surface area (Å²) in [6, 6.07) is 0. The van der Waals surface area contributed by atoms with Gasteiger partial charge in [-0.3, -0.25) is 0 Å². The SMILES string of the molecule is [C-]#[N+]C1(C)COC1. The summed E-state index contributed by atoms with van der Waals surface area (Å²) in [4.78, 5) is 3.35. The van der Waals surface area contributed by atoms with Gasteiger partial charge in [0.1, 0.15) is 13.2 Å². The smallest absolute Gasteiger partial charge is 0.275 e. The minimum atomic E-state index is -0.167. The van der Waals surface area contributed by atoms with Gasteiger partial charge in [-0.05, 0) is 0 Å². The molecule has 0 amide bonds. The van der Waals surface area contributed by atoms with Crippen molar-refractivity contribution in [3.8, 4) is 0 Å². The maximum atomic E-state index is 6.60. The van der Waals surface area contributed by atoms with Crippen LogP contribution >= 0.6 is 0 Å². The van der Waals surface area contributed by atoms with Crippen LogP contribution in [-0.4, -0.2) is 18.8 Å². The van der Waals surface area contributed by atoms with Crippen LogP contribution < -0.4 is 0 Å². The molecule has 7 heavy (non-hydrogen) atoms. The Bertz CT molecular complexity index is 110. The predicted molar refractivity (Wildman–Crippen MR) is 25.8 cm³/mol. The van der Waals surface area contributed by atoms with Gasteiger partial charge in [0.05, 0.1) is 0 Å². The summed E-state index contributed by atoms with van der Waals surface area (Å²) in [5.41, 5.74) is -0.167. The molecule has 1 aliphatic rings. The van der Waals surface area contributed by atoms with Crippen molar-refractivity contribution < 1.29 is 4.74 Å². The van der Waals surface area contributed by atoms with Crippen LogP contribution in [0.25, 0.3) is 4.85 Å². The summed E-state index contributed by atoms with van der Waals surface area (Å²) in [6.45, 7) is 9.75. The Morgan fingerprint density at radius 1 is 1.71 bits per heavy atom. The monoisotopic (exact) mass is 97.1 g/mol. The second kappa shape index (κ2) is 1.21. The molecule has 38 valence electrons. The first-order valence-corrected chi connectivity index (χ1v) is 2.23. The highest BCUT2D eigenvalue weighted by Gasteiger charge is 2.39. The molecular formula is C5H7NO. The van der Waals surface area contributed by atoms with E-state index in [1.54, 1.807) is 0 Å². The van der Waals surface area contributed by atoms with E-state index in [2.05, 4.69) is 4.85 Å². The maximum absolute atomic E-state index is 6.60. The Kier molecular flexibility index (Phi) is 0.795. The average Bonchev–Trinajstić information content (AvgIpc) is 1.61. The topological polar surface area (TPSA) is 13.6 Å². The molecule has 0 atom stereocenters. The Morgan fingerprint density at radius 3 is 2.29 bits per heavy atom. The summed E-state index contributed by atoms with van der Waals surface area (Å²) < 4.78 is 4.81. The van der Waals surface area contributed by atoms with Gasteiger partial charge in [-0.1, -0.05) is 0 Å². The van der Waals surface area contributed by atoms with Gasteiger partial charge in [-0.2, -0.15) is 0 Å². The van der Waals surface area contributed by atoms with E-state index in [0.29, 0.717) is 13.2 Å². The third kappa shape index (κ3) is 0.594. The highest BCUT2D eigenvalue weighted by atomic mass is 16.5. The van der Waals surface area contributed by atoms with Gasteiger partial charge in [0.25, 0.3) is 5.54 Å². The molecule has 0 spiro atoms. The zero-order valence-corrected chi connectivity index (χ0v) is 4.27. The average molecular weight is 97.1 g/mol. The normalized spacial score (nSPS) is 25.1. The van der Waals surface area contributed by atoms with Crippen LogP contribution in [0.4, 0.5) is 0 Å². The van der Waals surface area contributed by atoms with Crippen LogP contribution in [0.5, 0.6) is 0 Å². The second-order valence-electron chi connectivity index (χ2n) is 2.10. The first-order chi connectivity index (χ1) is 3.27. The third-order valence-corrected chi connectivity index (χ3v) is 1.10. The first-order valence-electron chi connectivity index (χ1n) is 2.23. The highest BCUT2D eigenvalue weighted by molar-refractivity contribution is 4.99. The molecule has 0 N–H and O–H groups in total. The van der Waals surface area contributed by atoms with E-state index < -0.39 is 0 Å². The van der Waals surface area contributed by atoms with Crippen molar-refractivity contribution >= 4 is 0 Å². The van der Waals surface area contributed by atoms with Gasteiger partial charge >= 0.3 is 0 Å². The van der Waals surface area contributed by atoms with E-state index in [9.17, 15) is 0 Å². The summed E-state index contributed by atoms with van der Waals surface area (Å²) in [6.07, 6.45) is 0. The standard InChI is InChI=1S/C5H7NO/c1-5(6-2)3-7-4-5/h3-4H2,1H3. The fraction of sp³-hybridized carbons (Fsp3) is 0.800. The fourth-order valence-corrected chi connectivity index (χ4v) is 0.462. The van der Waals surface area contributed by atoms with Crippen LogP contribution in [0.2, 0.25) is 0 Å². The lowest BCUT2D eigenvalue weighted by atomic mass is 10.0. The lowest BCUT2D eigenvalue weighted by Crippen LogP contribution is -2.43. The molecule has 1 saturated heterocycles. The molecule has 2 nitrogen and oxygen atoms in total. The van der Waals surface area contributed by atoms with Crippen LogP contribution in [0.1, 0.15) is 6.92 Å². The Morgan fingerprint density at radius 2 is 2.29 bits per heavy atom. The van der Waals surface area contributed by atoms with Crippen LogP contribution in [-0.2, 0) is 4.74 Å². The molecule has 2 heteroatoms. The largest absolute Gasteiger partial charge is 0.364 e. The van der Waals surface area contributed by atoms with Gasteiger partial charge in [0.15, 0.2) is 0 Å². The van der Waals surface area contributed by atoms with Crippen molar-refractivity contribution in [2.45, 2.75) is 12.5 Å². The van der Waals surface area contributed by atoms with Crippen LogP contribution in [0.15, 0.2) is 0 Å². The van der Waals surface area contributed by atoms with Gasteiger partial charge in [0, 0.05) is 6.92 Å². The summed E-state index contributed by atoms with van der Waals surface area (Å²) in [5, 5.41) is 0. The first kappa shape index (κ1) is 4.61. The van der Waals surface area contributed by atoms with E-state index in [0.717, 1.165) is 0 Å². The quantitative estimate of drug-likeness (QED) is 0.405. The molecule has 1 fully saturated rings. The second-order valence-corrected chi connectivity index (χ2v) is 2.10. The molecule has 0 aromatic heterocycles. The van der Waals surface area contributed by atoms with Crippen molar-refractivity contribution in [2.75, 3.05) is 13.2 Å². The molecule has 0 radical (unpaired) electrons. The van der Waals surface area contributed by atoms with E-state index in [-0.39, 0.29) is 5.54 Å². The summed E-state index contributed by atoms with van der Waals surface area (Å²) in [5.74, 6) is 0. The van der Waals surface area contributed by atoms with Crippen molar-refractivity contribution in [1.29, 1.82) is 0 Å². The van der Waals surface area contributed by atoms with E-state index in [1.807, 2.05) is 6.92 Å². The number of nitrogens with zero attached hydrogens (tertiary/aromatic N) is 1. The molecule has 1 rings (SSSR count). The molecule has 0 unspecified atom stereocenters. The molecular weight excluding hydrogens is 90.1 g/mol. The molecule has 0 aromatic carbocycles. The number of hydrogen-bond acceptors (Lipinski definition) is 1. The minimum Gasteiger partial charge on any atom is -0.364 e. The molecule has 0 aliphatic carbocycles. The van der Waals surface area contributed by atoms with Gasteiger partial charge in [0.2, 0.25) is 0 Å². The number of hydrogen-bond donors (Lipinski definition) is 0. The van der Waals surface area contributed by atoms with Crippen molar-refractivity contribution in [3.05, 3.63) is 11.4 Å². The highest BCUT2D eigenvalue weighted by Crippen LogP contribution is 2.19. The minimum absolute atomic E-state index is 0.167. The fourth-order valence-electron chi connectivity index (χ4n) is 0.462. The Balaban J connectivity index is 2.48. The summed E-state index contributed by atoms with van der Waals surface area (Å²) in [7, 11) is 0. The zero-order valence-electron chi connectivity index (χ0n) is 4.27. The van der Waals surface area contributed by atoms with Crippen molar-refractivity contribution in [1.82, 2.24) is 0 Å². The van der Waals surface area contributed by atoms with E-state index >= 15 is 0 Å². The third-order valence-electron chi connectivity index (χ3n) is 1.10. The van der Waals surface area contributed by atoms with Crippen molar-refractivity contribution in [2.24, 2.45) is 0 Å². The number of rotatable bonds is 0. The van der Waals surface area contributed by atoms with Gasteiger partial charge in [-0.25, -0.2) is 6.57 Å². The van der Waals surface area contributed by atoms with Gasteiger partial charge in [-0.15, -0.1) is 0 Å².